The molecule has 2 fully saturated rings. The molecule has 136 valence electrons. The molecule has 7 nitrogen and oxygen atoms in total. The minimum atomic E-state index is -0.0470. The summed E-state index contributed by atoms with van der Waals surface area (Å²) in [7, 11) is 3.52. The number of fused-ring (bicyclic) bond motifs is 2. The van der Waals surface area contributed by atoms with Crippen LogP contribution in [0.1, 0.15) is 5.56 Å². The quantitative estimate of drug-likeness (QED) is 0.885. The molecular formula is C18H25N3O4. The molecule has 1 aromatic rings. The van der Waals surface area contributed by atoms with Gasteiger partial charge in [0, 0.05) is 51.6 Å². The summed E-state index contributed by atoms with van der Waals surface area (Å²) >= 11 is 0. The fraction of sp³-hybridized carbons (Fsp3) is 0.611. The molecule has 0 aromatic heterocycles. The van der Waals surface area contributed by atoms with E-state index < -0.39 is 0 Å². The van der Waals surface area contributed by atoms with Crippen LogP contribution in [0.3, 0.4) is 0 Å². The molecule has 1 aromatic carbocycles. The first-order chi connectivity index (χ1) is 12.1. The lowest BCUT2D eigenvalue weighted by molar-refractivity contribution is 0.125. The molecule has 2 amide bonds. The Morgan fingerprint density at radius 3 is 3.04 bits per heavy atom. The van der Waals surface area contributed by atoms with Crippen LogP contribution in [0.25, 0.3) is 0 Å². The summed E-state index contributed by atoms with van der Waals surface area (Å²) in [5.74, 6) is 2.11. The van der Waals surface area contributed by atoms with Crippen LogP contribution in [0.2, 0.25) is 0 Å². The Kier molecular flexibility index (Phi) is 4.21. The SMILES string of the molecule is CN(C)C(=O)NC[C@]12COC[C@H]1CN(Cc1ccc3c(c1)OCO3)C2. The van der Waals surface area contributed by atoms with E-state index in [1.165, 1.54) is 5.56 Å². The smallest absolute Gasteiger partial charge is 0.316 e. The number of hydrogen-bond acceptors (Lipinski definition) is 5. The van der Waals surface area contributed by atoms with Crippen LogP contribution in [-0.2, 0) is 11.3 Å². The molecule has 0 radical (unpaired) electrons. The number of rotatable bonds is 4. The van der Waals surface area contributed by atoms with Crippen molar-refractivity contribution in [2.75, 3.05) is 53.7 Å². The van der Waals surface area contributed by atoms with E-state index in [-0.39, 0.29) is 11.4 Å². The molecule has 25 heavy (non-hydrogen) atoms. The van der Waals surface area contributed by atoms with Crippen LogP contribution in [0, 0.1) is 11.3 Å². The molecule has 0 spiro atoms. The van der Waals surface area contributed by atoms with Crippen molar-refractivity contribution in [3.63, 3.8) is 0 Å². The highest BCUT2D eigenvalue weighted by Crippen LogP contribution is 2.42. The van der Waals surface area contributed by atoms with Crippen molar-refractivity contribution in [3.05, 3.63) is 23.8 Å². The number of ether oxygens (including phenoxy) is 3. The molecule has 1 N–H and O–H groups in total. The van der Waals surface area contributed by atoms with Gasteiger partial charge in [0.1, 0.15) is 0 Å². The van der Waals surface area contributed by atoms with Crippen molar-refractivity contribution in [2.45, 2.75) is 6.54 Å². The molecule has 0 unspecified atom stereocenters. The molecule has 0 saturated carbocycles. The Hall–Kier alpha value is -1.99. The van der Waals surface area contributed by atoms with Crippen LogP contribution in [0.15, 0.2) is 18.2 Å². The lowest BCUT2D eigenvalue weighted by Crippen LogP contribution is -2.45. The number of amides is 2. The van der Waals surface area contributed by atoms with E-state index in [1.54, 1.807) is 19.0 Å². The van der Waals surface area contributed by atoms with Gasteiger partial charge in [-0.1, -0.05) is 6.07 Å². The molecule has 0 bridgehead atoms. The minimum absolute atomic E-state index is 0.0159. The fourth-order valence-corrected chi connectivity index (χ4v) is 4.02. The average Bonchev–Trinajstić information content (AvgIpc) is 3.25. The van der Waals surface area contributed by atoms with E-state index in [0.717, 1.165) is 37.7 Å². The van der Waals surface area contributed by atoms with Crippen LogP contribution in [0.5, 0.6) is 11.5 Å². The van der Waals surface area contributed by atoms with E-state index in [4.69, 9.17) is 14.2 Å². The first kappa shape index (κ1) is 16.5. The van der Waals surface area contributed by atoms with E-state index in [9.17, 15) is 4.79 Å². The van der Waals surface area contributed by atoms with Gasteiger partial charge in [0.2, 0.25) is 6.79 Å². The molecule has 0 aliphatic carbocycles. The second-order valence-electron chi connectivity index (χ2n) is 7.48. The van der Waals surface area contributed by atoms with Crippen LogP contribution in [0.4, 0.5) is 4.79 Å². The number of carbonyl (C=O) groups is 1. The van der Waals surface area contributed by atoms with Crippen molar-refractivity contribution >= 4 is 6.03 Å². The molecule has 4 rings (SSSR count). The van der Waals surface area contributed by atoms with E-state index >= 15 is 0 Å². The third kappa shape index (κ3) is 3.14. The Labute approximate surface area is 147 Å². The number of benzene rings is 1. The molecule has 2 saturated heterocycles. The van der Waals surface area contributed by atoms with Crippen molar-refractivity contribution in [3.8, 4) is 11.5 Å². The van der Waals surface area contributed by atoms with E-state index in [2.05, 4.69) is 22.3 Å². The minimum Gasteiger partial charge on any atom is -0.454 e. The van der Waals surface area contributed by atoms with Crippen LogP contribution >= 0.6 is 0 Å². The lowest BCUT2D eigenvalue weighted by Gasteiger charge is -2.28. The maximum atomic E-state index is 11.9. The molecule has 2 atom stereocenters. The Bertz CT molecular complexity index is 666. The van der Waals surface area contributed by atoms with Crippen LogP contribution in [-0.4, -0.2) is 69.6 Å². The van der Waals surface area contributed by atoms with E-state index in [0.29, 0.717) is 25.9 Å². The van der Waals surface area contributed by atoms with Gasteiger partial charge in [-0.3, -0.25) is 4.90 Å². The highest BCUT2D eigenvalue weighted by atomic mass is 16.7. The average molecular weight is 347 g/mol. The first-order valence-electron chi connectivity index (χ1n) is 8.69. The second-order valence-corrected chi connectivity index (χ2v) is 7.48. The van der Waals surface area contributed by atoms with Gasteiger partial charge in [0.05, 0.1) is 13.2 Å². The standard InChI is InChI=1S/C18H25N3O4/c1-20(2)17(22)19-9-18-10-21(7-14(18)8-23-11-18)6-13-3-4-15-16(5-13)25-12-24-15/h3-5,14H,6-12H2,1-2H3,(H,19,22)/t14-,18+/m1/s1. The number of likely N-dealkylation sites (tertiary alicyclic amines) is 1. The van der Waals surface area contributed by atoms with E-state index in [1.807, 2.05) is 6.07 Å². The third-order valence-electron chi connectivity index (χ3n) is 5.43. The summed E-state index contributed by atoms with van der Waals surface area (Å²) in [6.07, 6.45) is 0. The first-order valence-corrected chi connectivity index (χ1v) is 8.69. The summed E-state index contributed by atoms with van der Waals surface area (Å²) in [6.45, 7) is 5.24. The summed E-state index contributed by atoms with van der Waals surface area (Å²) in [5, 5.41) is 3.05. The van der Waals surface area contributed by atoms with Gasteiger partial charge in [0.25, 0.3) is 0 Å². The summed E-state index contributed by atoms with van der Waals surface area (Å²) in [6, 6.07) is 6.09. The molecule has 3 aliphatic heterocycles. The zero-order valence-corrected chi connectivity index (χ0v) is 14.8. The number of nitrogens with zero attached hydrogens (tertiary/aromatic N) is 2. The zero-order valence-electron chi connectivity index (χ0n) is 14.8. The lowest BCUT2D eigenvalue weighted by atomic mass is 9.81. The fourth-order valence-electron chi connectivity index (χ4n) is 4.02. The van der Waals surface area contributed by atoms with Crippen molar-refractivity contribution in [1.82, 2.24) is 15.1 Å². The number of urea groups is 1. The highest BCUT2D eigenvalue weighted by molar-refractivity contribution is 5.73. The summed E-state index contributed by atoms with van der Waals surface area (Å²) in [4.78, 5) is 15.9. The van der Waals surface area contributed by atoms with Gasteiger partial charge in [-0.2, -0.15) is 0 Å². The predicted molar refractivity (Wildman–Crippen MR) is 91.7 cm³/mol. The van der Waals surface area contributed by atoms with Gasteiger partial charge in [-0.05, 0) is 17.7 Å². The van der Waals surface area contributed by atoms with Gasteiger partial charge >= 0.3 is 6.03 Å². The van der Waals surface area contributed by atoms with Crippen molar-refractivity contribution in [1.29, 1.82) is 0 Å². The maximum absolute atomic E-state index is 11.9. The van der Waals surface area contributed by atoms with Crippen molar-refractivity contribution in [2.24, 2.45) is 11.3 Å². The number of hydrogen-bond donors (Lipinski definition) is 1. The third-order valence-corrected chi connectivity index (χ3v) is 5.43. The topological polar surface area (TPSA) is 63.3 Å². The Balaban J connectivity index is 1.41. The van der Waals surface area contributed by atoms with Crippen molar-refractivity contribution < 1.29 is 19.0 Å². The van der Waals surface area contributed by atoms with Gasteiger partial charge in [-0.25, -0.2) is 4.79 Å². The largest absolute Gasteiger partial charge is 0.454 e. The van der Waals surface area contributed by atoms with Gasteiger partial charge in [0.15, 0.2) is 11.5 Å². The summed E-state index contributed by atoms with van der Waals surface area (Å²) in [5.41, 5.74) is 1.24. The molecule has 3 heterocycles. The number of nitrogens with one attached hydrogen (secondary N) is 1. The zero-order chi connectivity index (χ0) is 17.4. The number of carbonyl (C=O) groups excluding carboxylic acids is 1. The molecule has 7 heteroatoms. The Morgan fingerprint density at radius 2 is 2.20 bits per heavy atom. The van der Waals surface area contributed by atoms with Crippen LogP contribution < -0.4 is 14.8 Å². The van der Waals surface area contributed by atoms with Gasteiger partial charge < -0.3 is 24.4 Å². The highest BCUT2D eigenvalue weighted by Gasteiger charge is 2.50. The predicted octanol–water partition coefficient (Wildman–Crippen LogP) is 1.13. The monoisotopic (exact) mass is 347 g/mol. The summed E-state index contributed by atoms with van der Waals surface area (Å²) < 4.78 is 16.6. The Morgan fingerprint density at radius 1 is 1.36 bits per heavy atom. The second kappa shape index (κ2) is 6.38. The van der Waals surface area contributed by atoms with Gasteiger partial charge in [-0.15, -0.1) is 0 Å². The normalized spacial score (nSPS) is 27.4. The maximum Gasteiger partial charge on any atom is 0.316 e. The molecular weight excluding hydrogens is 322 g/mol. The molecule has 3 aliphatic rings.